The standard InChI is InChI=1S/C28H31ClN2O2/c29-23-9-7-20(8-10-23)24-15-25(24)26(32)30-13-11-28(12-14-30)16-21-3-1-2-4-22(21)18-31(27(28)33)17-19-5-6-19/h1-4,7-10,19,24-25H,5-6,11-18H2/t24-,25-/m0/s1. The summed E-state index contributed by atoms with van der Waals surface area (Å²) in [5.74, 6) is 1.66. The highest BCUT2D eigenvalue weighted by Crippen LogP contribution is 2.50. The van der Waals surface area contributed by atoms with E-state index in [0.717, 1.165) is 43.8 Å². The fourth-order valence-electron chi connectivity index (χ4n) is 6.02. The predicted octanol–water partition coefficient (Wildman–Crippen LogP) is 5.05. The highest BCUT2D eigenvalue weighted by molar-refractivity contribution is 6.30. The molecule has 4 aliphatic rings. The van der Waals surface area contributed by atoms with Crippen LogP contribution in [0.4, 0.5) is 0 Å². The summed E-state index contributed by atoms with van der Waals surface area (Å²) in [5.41, 5.74) is 3.45. The lowest BCUT2D eigenvalue weighted by Gasteiger charge is -2.42. The third kappa shape index (κ3) is 4.07. The molecule has 172 valence electrons. The fraction of sp³-hybridized carbons (Fsp3) is 0.500. The van der Waals surface area contributed by atoms with E-state index in [0.29, 0.717) is 30.8 Å². The van der Waals surface area contributed by atoms with Crippen molar-refractivity contribution in [3.63, 3.8) is 0 Å². The zero-order valence-corrected chi connectivity index (χ0v) is 19.8. The van der Waals surface area contributed by atoms with Crippen molar-refractivity contribution in [2.45, 2.75) is 51.0 Å². The van der Waals surface area contributed by atoms with Crippen molar-refractivity contribution in [3.05, 3.63) is 70.2 Å². The summed E-state index contributed by atoms with van der Waals surface area (Å²) < 4.78 is 0. The molecule has 2 aromatic carbocycles. The van der Waals surface area contributed by atoms with Crippen LogP contribution >= 0.6 is 11.6 Å². The van der Waals surface area contributed by atoms with Crippen molar-refractivity contribution in [1.82, 2.24) is 9.80 Å². The molecule has 2 aromatic rings. The van der Waals surface area contributed by atoms with Crippen LogP contribution in [0.3, 0.4) is 0 Å². The van der Waals surface area contributed by atoms with Gasteiger partial charge in [-0.25, -0.2) is 0 Å². The third-order valence-electron chi connectivity index (χ3n) is 8.36. The van der Waals surface area contributed by atoms with Gasteiger partial charge in [-0.15, -0.1) is 0 Å². The van der Waals surface area contributed by atoms with Gasteiger partial charge in [-0.05, 0) is 79.2 Å². The summed E-state index contributed by atoms with van der Waals surface area (Å²) in [5, 5.41) is 0.731. The Morgan fingerprint density at radius 2 is 1.70 bits per heavy atom. The molecule has 33 heavy (non-hydrogen) atoms. The zero-order valence-electron chi connectivity index (χ0n) is 19.0. The van der Waals surface area contributed by atoms with Gasteiger partial charge in [-0.1, -0.05) is 48.0 Å². The molecular weight excluding hydrogens is 432 g/mol. The molecule has 2 saturated carbocycles. The maximum Gasteiger partial charge on any atom is 0.229 e. The number of carbonyl (C=O) groups is 2. The molecule has 1 saturated heterocycles. The highest BCUT2D eigenvalue weighted by atomic mass is 35.5. The number of amides is 2. The Morgan fingerprint density at radius 1 is 1.00 bits per heavy atom. The fourth-order valence-corrected chi connectivity index (χ4v) is 6.15. The normalized spacial score (nSPS) is 26.2. The molecule has 1 spiro atoms. The van der Waals surface area contributed by atoms with Gasteiger partial charge in [0.1, 0.15) is 0 Å². The van der Waals surface area contributed by atoms with Crippen LogP contribution in [-0.2, 0) is 22.6 Å². The molecule has 4 nitrogen and oxygen atoms in total. The minimum atomic E-state index is -0.364. The Labute approximate surface area is 200 Å². The molecule has 2 atom stereocenters. The number of piperidine rings is 1. The number of likely N-dealkylation sites (tertiary alicyclic amines) is 1. The van der Waals surface area contributed by atoms with Crippen molar-refractivity contribution in [2.75, 3.05) is 19.6 Å². The third-order valence-corrected chi connectivity index (χ3v) is 8.61. The largest absolute Gasteiger partial charge is 0.342 e. The second-order valence-electron chi connectivity index (χ2n) is 10.7. The van der Waals surface area contributed by atoms with E-state index in [2.05, 4.69) is 29.2 Å². The topological polar surface area (TPSA) is 40.6 Å². The summed E-state index contributed by atoms with van der Waals surface area (Å²) in [6.45, 7) is 3.00. The first-order chi connectivity index (χ1) is 16.0. The number of halogens is 1. The van der Waals surface area contributed by atoms with Gasteiger partial charge >= 0.3 is 0 Å². The zero-order chi connectivity index (χ0) is 22.6. The number of nitrogens with zero attached hydrogens (tertiary/aromatic N) is 2. The number of fused-ring (bicyclic) bond motifs is 1. The molecule has 0 bridgehead atoms. The summed E-state index contributed by atoms with van der Waals surface area (Å²) in [7, 11) is 0. The Bertz CT molecular complexity index is 1070. The van der Waals surface area contributed by atoms with Crippen molar-refractivity contribution in [2.24, 2.45) is 17.3 Å². The van der Waals surface area contributed by atoms with Crippen LogP contribution in [0, 0.1) is 17.3 Å². The predicted molar refractivity (Wildman–Crippen MR) is 129 cm³/mol. The molecular formula is C28H31ClN2O2. The molecule has 2 amide bonds. The number of hydrogen-bond donors (Lipinski definition) is 0. The van der Waals surface area contributed by atoms with E-state index in [1.54, 1.807) is 0 Å². The quantitative estimate of drug-likeness (QED) is 0.638. The maximum absolute atomic E-state index is 13.9. The molecule has 0 unspecified atom stereocenters. The average molecular weight is 463 g/mol. The SMILES string of the molecule is O=C([C@H]1C[C@H]1c1ccc(Cl)cc1)N1CCC2(CC1)Cc1ccccc1CN(CC1CC1)C2=O. The lowest BCUT2D eigenvalue weighted by atomic mass is 9.72. The van der Waals surface area contributed by atoms with Gasteiger partial charge in [0, 0.05) is 37.1 Å². The first-order valence-electron chi connectivity index (χ1n) is 12.4. The summed E-state index contributed by atoms with van der Waals surface area (Å²) >= 11 is 6.02. The molecule has 3 fully saturated rings. The van der Waals surface area contributed by atoms with Crippen molar-refractivity contribution < 1.29 is 9.59 Å². The van der Waals surface area contributed by atoms with Crippen LogP contribution in [-0.4, -0.2) is 41.2 Å². The van der Waals surface area contributed by atoms with Crippen molar-refractivity contribution in [1.29, 1.82) is 0 Å². The first kappa shape index (κ1) is 21.2. The summed E-state index contributed by atoms with van der Waals surface area (Å²) in [6, 6.07) is 16.5. The number of benzene rings is 2. The van der Waals surface area contributed by atoms with E-state index in [1.165, 1.54) is 29.5 Å². The van der Waals surface area contributed by atoms with Gasteiger partial charge in [0.05, 0.1) is 5.41 Å². The highest BCUT2D eigenvalue weighted by Gasteiger charge is 2.50. The number of rotatable bonds is 4. The Kier molecular flexibility index (Phi) is 5.25. The van der Waals surface area contributed by atoms with Gasteiger partial charge in [0.15, 0.2) is 0 Å². The monoisotopic (exact) mass is 462 g/mol. The maximum atomic E-state index is 13.9. The molecule has 0 aromatic heterocycles. The smallest absolute Gasteiger partial charge is 0.229 e. The van der Waals surface area contributed by atoms with Crippen LogP contribution < -0.4 is 0 Å². The molecule has 6 rings (SSSR count). The van der Waals surface area contributed by atoms with E-state index in [4.69, 9.17) is 11.6 Å². The second kappa shape index (κ2) is 8.16. The minimum Gasteiger partial charge on any atom is -0.342 e. The van der Waals surface area contributed by atoms with Crippen LogP contribution in [0.1, 0.15) is 54.7 Å². The van der Waals surface area contributed by atoms with Crippen LogP contribution in [0.25, 0.3) is 0 Å². The van der Waals surface area contributed by atoms with Gasteiger partial charge in [-0.3, -0.25) is 9.59 Å². The average Bonchev–Trinajstić information content (AvgIpc) is 3.75. The summed E-state index contributed by atoms with van der Waals surface area (Å²) in [6.07, 6.45) is 5.76. The number of carbonyl (C=O) groups excluding carboxylic acids is 2. The van der Waals surface area contributed by atoms with Crippen molar-refractivity contribution >= 4 is 23.4 Å². The summed E-state index contributed by atoms with van der Waals surface area (Å²) in [4.78, 5) is 31.3. The molecule has 0 N–H and O–H groups in total. The minimum absolute atomic E-state index is 0.0807. The Hall–Kier alpha value is -2.33. The van der Waals surface area contributed by atoms with E-state index < -0.39 is 0 Å². The van der Waals surface area contributed by atoms with Gasteiger partial charge < -0.3 is 9.80 Å². The lowest BCUT2D eigenvalue weighted by molar-refractivity contribution is -0.149. The van der Waals surface area contributed by atoms with E-state index in [-0.39, 0.29) is 17.2 Å². The lowest BCUT2D eigenvalue weighted by Crippen LogP contribution is -2.51. The Balaban J connectivity index is 1.16. The molecule has 5 heteroatoms. The van der Waals surface area contributed by atoms with Crippen LogP contribution in [0.5, 0.6) is 0 Å². The van der Waals surface area contributed by atoms with Crippen LogP contribution in [0.2, 0.25) is 5.02 Å². The van der Waals surface area contributed by atoms with E-state index in [9.17, 15) is 9.59 Å². The van der Waals surface area contributed by atoms with Gasteiger partial charge in [-0.2, -0.15) is 0 Å². The number of hydrogen-bond acceptors (Lipinski definition) is 2. The molecule has 2 heterocycles. The first-order valence-corrected chi connectivity index (χ1v) is 12.8. The Morgan fingerprint density at radius 3 is 2.39 bits per heavy atom. The molecule has 2 aliphatic carbocycles. The van der Waals surface area contributed by atoms with Crippen LogP contribution in [0.15, 0.2) is 48.5 Å². The molecule has 2 aliphatic heterocycles. The van der Waals surface area contributed by atoms with Crippen molar-refractivity contribution in [3.8, 4) is 0 Å². The molecule has 0 radical (unpaired) electrons. The second-order valence-corrected chi connectivity index (χ2v) is 11.1. The van der Waals surface area contributed by atoms with Gasteiger partial charge in [0.2, 0.25) is 11.8 Å². The van der Waals surface area contributed by atoms with E-state index >= 15 is 0 Å². The van der Waals surface area contributed by atoms with E-state index in [1.807, 2.05) is 29.2 Å². The van der Waals surface area contributed by atoms with Gasteiger partial charge in [0.25, 0.3) is 0 Å².